The van der Waals surface area contributed by atoms with Gasteiger partial charge >= 0.3 is 12.1 Å². The van der Waals surface area contributed by atoms with Crippen LogP contribution < -0.4 is 21.3 Å². The van der Waals surface area contributed by atoms with Crippen molar-refractivity contribution in [3.05, 3.63) is 0 Å². The lowest BCUT2D eigenvalue weighted by Gasteiger charge is -2.32. The van der Waals surface area contributed by atoms with E-state index in [1.807, 2.05) is 0 Å². The Kier molecular flexibility index (Phi) is 12.8. The molecule has 0 bridgehead atoms. The average Bonchev–Trinajstić information content (AvgIpc) is 3.68. The van der Waals surface area contributed by atoms with Crippen molar-refractivity contribution in [1.29, 1.82) is 0 Å². The highest BCUT2D eigenvalue weighted by molar-refractivity contribution is 5.89. The van der Waals surface area contributed by atoms with Gasteiger partial charge in [-0.2, -0.15) is 0 Å². The lowest BCUT2D eigenvalue weighted by atomic mass is 9.99. The first-order valence-electron chi connectivity index (χ1n) is 17.2. The van der Waals surface area contributed by atoms with E-state index in [0.717, 1.165) is 0 Å². The van der Waals surface area contributed by atoms with Crippen LogP contribution in [0.2, 0.25) is 0 Å². The van der Waals surface area contributed by atoms with E-state index >= 15 is 0 Å². The molecule has 19 heteroatoms. The molecule has 0 aliphatic carbocycles. The zero-order chi connectivity index (χ0) is 38.9. The minimum absolute atomic E-state index is 0.367. The fraction of sp³-hybridized carbons (Fsp3) is 0.848. The van der Waals surface area contributed by atoms with Crippen LogP contribution in [0, 0.1) is 0 Å². The first-order valence-corrected chi connectivity index (χ1v) is 17.2. The largest absolute Gasteiger partial charge is 0.480 e. The molecule has 4 saturated heterocycles. The number of hydrogen-bond acceptors (Lipinski definition) is 14. The number of methoxy groups -OCH3 is 2. The molecule has 4 aliphatic rings. The fourth-order valence-electron chi connectivity index (χ4n) is 6.59. The zero-order valence-electron chi connectivity index (χ0n) is 31.5. The monoisotopic (exact) mass is 746 g/mol. The van der Waals surface area contributed by atoms with Gasteiger partial charge in [-0.3, -0.25) is 19.2 Å². The third kappa shape index (κ3) is 10.3. The SMILES string of the molecule is CO[C@@H]1[C@H]2OC(C)(C)O[C@H]2O[C@@H]1[C@H](CC(=O)N[C@@H](C)C(=O)N[C@@H](CC(=O)N[C@@H](C)C(=O)O)[C@H]1O[C@@H]2OC(C)(C)O[C@@H]2[C@H]1OC)NC(=O)OC(C)(C)C. The number of ether oxygens (including phenoxy) is 9. The van der Waals surface area contributed by atoms with E-state index < -0.39 is 127 Å². The molecule has 0 radical (unpaired) electrons. The molecule has 0 aromatic carbocycles. The van der Waals surface area contributed by atoms with Gasteiger partial charge in [-0.05, 0) is 62.3 Å². The number of alkyl carbamates (subject to hydrolysis) is 1. The Morgan fingerprint density at radius 2 is 1.12 bits per heavy atom. The molecular formula is C33H54N4O15. The second-order valence-corrected chi connectivity index (χ2v) is 15.2. The normalized spacial score (nSPS) is 32.4. The highest BCUT2D eigenvalue weighted by Crippen LogP contribution is 2.41. The summed E-state index contributed by atoms with van der Waals surface area (Å²) in [7, 11) is 2.87. The Morgan fingerprint density at radius 1 is 0.692 bits per heavy atom. The van der Waals surface area contributed by atoms with Gasteiger partial charge in [0.1, 0.15) is 54.3 Å². The molecule has 5 N–H and O–H groups in total. The number of carboxylic acid groups (broad SMARTS) is 1. The smallest absolute Gasteiger partial charge is 0.407 e. The number of aliphatic carboxylic acids is 1. The van der Waals surface area contributed by atoms with Gasteiger partial charge in [0.05, 0.1) is 12.1 Å². The lowest BCUT2D eigenvalue weighted by molar-refractivity contribution is -0.220. The second-order valence-electron chi connectivity index (χ2n) is 15.2. The van der Waals surface area contributed by atoms with Crippen molar-refractivity contribution in [2.24, 2.45) is 0 Å². The molecule has 4 rings (SSSR count). The molecule has 52 heavy (non-hydrogen) atoms. The highest BCUT2D eigenvalue weighted by Gasteiger charge is 2.58. The number of carbonyl (C=O) groups excluding carboxylic acids is 4. The summed E-state index contributed by atoms with van der Waals surface area (Å²) in [6.07, 6.45) is -8.01. The van der Waals surface area contributed by atoms with Gasteiger partial charge in [0, 0.05) is 27.1 Å². The third-order valence-electron chi connectivity index (χ3n) is 8.75. The van der Waals surface area contributed by atoms with Crippen molar-refractivity contribution in [1.82, 2.24) is 21.3 Å². The van der Waals surface area contributed by atoms with E-state index in [1.54, 1.807) is 48.5 Å². The number of fused-ring (bicyclic) bond motifs is 2. The van der Waals surface area contributed by atoms with Crippen LogP contribution in [0.15, 0.2) is 0 Å². The fourth-order valence-corrected chi connectivity index (χ4v) is 6.59. The number of carbonyl (C=O) groups is 5. The quantitative estimate of drug-likeness (QED) is 0.158. The first-order chi connectivity index (χ1) is 24.0. The van der Waals surface area contributed by atoms with Crippen molar-refractivity contribution in [2.45, 2.75) is 166 Å². The van der Waals surface area contributed by atoms with Crippen LogP contribution in [0.5, 0.6) is 0 Å². The van der Waals surface area contributed by atoms with Gasteiger partial charge in [0.25, 0.3) is 0 Å². The Balaban J connectivity index is 1.47. The maximum Gasteiger partial charge on any atom is 0.407 e. The molecular weight excluding hydrogens is 692 g/mol. The van der Waals surface area contributed by atoms with Crippen LogP contribution in [-0.4, -0.2) is 140 Å². The number of rotatable bonds is 14. The van der Waals surface area contributed by atoms with Gasteiger partial charge in [-0.25, -0.2) is 4.79 Å². The maximum absolute atomic E-state index is 13.6. The van der Waals surface area contributed by atoms with E-state index in [9.17, 15) is 29.1 Å². The van der Waals surface area contributed by atoms with Crippen molar-refractivity contribution in [2.75, 3.05) is 14.2 Å². The molecule has 19 nitrogen and oxygen atoms in total. The van der Waals surface area contributed by atoms with Crippen LogP contribution in [0.3, 0.4) is 0 Å². The van der Waals surface area contributed by atoms with Crippen LogP contribution in [0.4, 0.5) is 4.79 Å². The molecule has 0 aromatic rings. The summed E-state index contributed by atoms with van der Waals surface area (Å²) in [6.45, 7) is 14.7. The first kappa shape index (κ1) is 41.6. The standard InChI is InChI=1S/C33H54N4O15/c1-14(26(40)36-16(12-19(39)35-15(2)27(41)42)20-22(44-10)24-28(46-20)50-32(6,7)48-24)34-18(38)13-17(37-30(43)52-31(3,4)5)21-23(45-11)25-29(47-21)51-33(8,9)49-25/h14-17,20-25,28-29H,12-13H2,1-11H3,(H,34,38)(H,35,39)(H,36,40)(H,37,43)(H,41,42)/t14-,15-,16-,17-,20+,21+,22-,23-,24+,25+,28+,29+/m0/s1. The number of amides is 4. The second kappa shape index (κ2) is 16.1. The van der Waals surface area contributed by atoms with E-state index in [2.05, 4.69) is 21.3 Å². The van der Waals surface area contributed by atoms with E-state index in [4.69, 9.17) is 42.6 Å². The van der Waals surface area contributed by atoms with Crippen LogP contribution in [0.1, 0.15) is 75.2 Å². The molecule has 0 aromatic heterocycles. The van der Waals surface area contributed by atoms with Crippen molar-refractivity contribution >= 4 is 29.8 Å². The van der Waals surface area contributed by atoms with Crippen LogP contribution >= 0.6 is 0 Å². The molecule has 4 aliphatic heterocycles. The summed E-state index contributed by atoms with van der Waals surface area (Å²) in [5.41, 5.74) is -0.843. The summed E-state index contributed by atoms with van der Waals surface area (Å²) < 4.78 is 52.6. The summed E-state index contributed by atoms with van der Waals surface area (Å²) in [5.74, 6) is -5.19. The van der Waals surface area contributed by atoms with E-state index in [-0.39, 0.29) is 6.42 Å². The minimum atomic E-state index is -1.25. The Labute approximate surface area is 302 Å². The molecule has 4 heterocycles. The summed E-state index contributed by atoms with van der Waals surface area (Å²) >= 11 is 0. The Morgan fingerprint density at radius 3 is 1.52 bits per heavy atom. The van der Waals surface area contributed by atoms with E-state index in [0.29, 0.717) is 0 Å². The van der Waals surface area contributed by atoms with Crippen molar-refractivity contribution in [3.8, 4) is 0 Å². The van der Waals surface area contributed by atoms with Gasteiger partial charge in [-0.15, -0.1) is 0 Å². The maximum atomic E-state index is 13.6. The summed E-state index contributed by atoms with van der Waals surface area (Å²) in [4.78, 5) is 64.3. The molecule has 12 atom stereocenters. The van der Waals surface area contributed by atoms with Crippen molar-refractivity contribution in [3.63, 3.8) is 0 Å². The Hall–Kier alpha value is -3.17. The molecule has 0 saturated carbocycles. The molecule has 4 amide bonds. The predicted molar refractivity (Wildman–Crippen MR) is 176 cm³/mol. The predicted octanol–water partition coefficient (Wildman–Crippen LogP) is 0.0215. The number of nitrogens with one attached hydrogen (secondary N) is 4. The van der Waals surface area contributed by atoms with Gasteiger partial charge in [-0.1, -0.05) is 0 Å². The lowest BCUT2D eigenvalue weighted by Crippen LogP contribution is -2.57. The highest BCUT2D eigenvalue weighted by atomic mass is 16.9. The molecule has 4 fully saturated rings. The van der Waals surface area contributed by atoms with Gasteiger partial charge < -0.3 is 69.0 Å². The van der Waals surface area contributed by atoms with Gasteiger partial charge in [0.2, 0.25) is 17.7 Å². The summed E-state index contributed by atoms with van der Waals surface area (Å²) in [5, 5.41) is 19.7. The van der Waals surface area contributed by atoms with E-state index in [1.165, 1.54) is 28.1 Å². The van der Waals surface area contributed by atoms with Crippen molar-refractivity contribution < 1.29 is 71.7 Å². The molecule has 296 valence electrons. The topological polar surface area (TPSA) is 237 Å². The van der Waals surface area contributed by atoms with Gasteiger partial charge in [0.15, 0.2) is 24.2 Å². The molecule has 0 spiro atoms. The average molecular weight is 747 g/mol. The van der Waals surface area contributed by atoms with Crippen LogP contribution in [0.25, 0.3) is 0 Å². The molecule has 0 unspecified atom stereocenters. The number of hydrogen-bond donors (Lipinski definition) is 5. The summed E-state index contributed by atoms with van der Waals surface area (Å²) in [6, 6.07) is -4.45. The zero-order valence-corrected chi connectivity index (χ0v) is 31.5. The third-order valence-corrected chi connectivity index (χ3v) is 8.75. The minimum Gasteiger partial charge on any atom is -0.480 e. The van der Waals surface area contributed by atoms with Crippen LogP contribution in [-0.2, 0) is 61.8 Å². The Bertz CT molecular complexity index is 1340. The number of carboxylic acids is 1.